The zero-order valence-electron chi connectivity index (χ0n) is 23.1. The lowest BCUT2D eigenvalue weighted by molar-refractivity contribution is -0.131. The van der Waals surface area contributed by atoms with Gasteiger partial charge >= 0.3 is 5.97 Å². The molecule has 4 aromatic rings. The molecule has 1 heterocycles. The van der Waals surface area contributed by atoms with E-state index in [0.29, 0.717) is 17.7 Å². The van der Waals surface area contributed by atoms with Crippen LogP contribution in [0.25, 0.3) is 0 Å². The van der Waals surface area contributed by atoms with Crippen molar-refractivity contribution in [1.82, 2.24) is 4.90 Å². The van der Waals surface area contributed by atoms with Crippen LogP contribution >= 0.6 is 0 Å². The van der Waals surface area contributed by atoms with E-state index < -0.39 is 0 Å². The van der Waals surface area contributed by atoms with E-state index in [9.17, 15) is 4.79 Å². The third kappa shape index (κ3) is 5.99. The Balaban J connectivity index is 1.40. The van der Waals surface area contributed by atoms with E-state index in [2.05, 4.69) is 115 Å². The molecule has 3 nitrogen and oxygen atoms in total. The fourth-order valence-electron chi connectivity index (χ4n) is 6.51. The zero-order valence-corrected chi connectivity index (χ0v) is 23.1. The highest BCUT2D eigenvalue weighted by molar-refractivity contribution is 5.69. The Hall–Kier alpha value is -3.69. The summed E-state index contributed by atoms with van der Waals surface area (Å²) < 4.78 is 5.24. The van der Waals surface area contributed by atoms with Crippen LogP contribution < -0.4 is 4.74 Å². The minimum atomic E-state index is -0.278. The molecule has 2 unspecified atom stereocenters. The Bertz CT molecular complexity index is 1220. The molecule has 0 N–H and O–H groups in total. The molecule has 39 heavy (non-hydrogen) atoms. The molecule has 1 fully saturated rings. The van der Waals surface area contributed by atoms with Crippen LogP contribution in [0.2, 0.25) is 0 Å². The van der Waals surface area contributed by atoms with Gasteiger partial charge in [-0.3, -0.25) is 4.79 Å². The molecule has 2 atom stereocenters. The van der Waals surface area contributed by atoms with Gasteiger partial charge in [0.25, 0.3) is 0 Å². The van der Waals surface area contributed by atoms with Crippen LogP contribution in [-0.2, 0) is 10.2 Å². The molecular weight excluding hydrogens is 478 g/mol. The van der Waals surface area contributed by atoms with E-state index in [1.54, 1.807) is 0 Å². The van der Waals surface area contributed by atoms with Gasteiger partial charge in [-0.05, 0) is 79.1 Å². The van der Waals surface area contributed by atoms with Crippen molar-refractivity contribution >= 4 is 5.97 Å². The second kappa shape index (κ2) is 12.4. The number of carbonyl (C=O) groups excluding carboxylic acids is 1. The summed E-state index contributed by atoms with van der Waals surface area (Å²) in [5.41, 5.74) is 5.16. The molecule has 0 amide bonds. The van der Waals surface area contributed by atoms with E-state index in [4.69, 9.17) is 4.74 Å². The summed E-state index contributed by atoms with van der Waals surface area (Å²) in [7, 11) is 0. The molecule has 0 aliphatic carbocycles. The maximum absolute atomic E-state index is 11.3. The molecular formula is C36H39NO2. The van der Waals surface area contributed by atoms with Crippen molar-refractivity contribution in [1.29, 1.82) is 0 Å². The van der Waals surface area contributed by atoms with Gasteiger partial charge in [-0.15, -0.1) is 0 Å². The predicted molar refractivity (Wildman–Crippen MR) is 159 cm³/mol. The maximum atomic E-state index is 11.3. The number of nitrogens with zero attached hydrogens (tertiary/aromatic N) is 1. The number of likely N-dealkylation sites (tertiary alicyclic amines) is 1. The van der Waals surface area contributed by atoms with E-state index in [1.165, 1.54) is 29.2 Å². The Morgan fingerprint density at radius 1 is 0.795 bits per heavy atom. The first-order valence-electron chi connectivity index (χ1n) is 14.3. The lowest BCUT2D eigenvalue weighted by atomic mass is 9.67. The van der Waals surface area contributed by atoms with Crippen LogP contribution in [-0.4, -0.2) is 30.0 Å². The van der Waals surface area contributed by atoms with Gasteiger partial charge in [0.1, 0.15) is 5.75 Å². The number of piperidine rings is 1. The predicted octanol–water partition coefficient (Wildman–Crippen LogP) is 7.99. The Morgan fingerprint density at radius 3 is 1.77 bits per heavy atom. The molecule has 0 aromatic heterocycles. The van der Waals surface area contributed by atoms with Crippen LogP contribution in [0.3, 0.4) is 0 Å². The van der Waals surface area contributed by atoms with Crippen LogP contribution in [0.15, 0.2) is 115 Å². The van der Waals surface area contributed by atoms with E-state index in [0.717, 1.165) is 38.8 Å². The smallest absolute Gasteiger partial charge is 0.308 e. The molecule has 3 heteroatoms. The minimum absolute atomic E-state index is 0.217. The lowest BCUT2D eigenvalue weighted by Crippen LogP contribution is -2.44. The van der Waals surface area contributed by atoms with Gasteiger partial charge in [0, 0.05) is 18.4 Å². The second-order valence-electron chi connectivity index (χ2n) is 10.7. The summed E-state index contributed by atoms with van der Waals surface area (Å²) in [6.07, 6.45) is 4.44. The molecule has 1 aliphatic heterocycles. The van der Waals surface area contributed by atoms with Crippen molar-refractivity contribution in [2.45, 2.75) is 56.9 Å². The maximum Gasteiger partial charge on any atom is 0.308 e. The van der Waals surface area contributed by atoms with Crippen molar-refractivity contribution in [2.75, 3.05) is 13.1 Å². The van der Waals surface area contributed by atoms with Crippen molar-refractivity contribution in [3.05, 3.63) is 138 Å². The Morgan fingerprint density at radius 2 is 1.31 bits per heavy atom. The van der Waals surface area contributed by atoms with Gasteiger partial charge in [0.05, 0.1) is 0 Å². The number of hydrogen-bond donors (Lipinski definition) is 0. The van der Waals surface area contributed by atoms with Crippen molar-refractivity contribution in [3.63, 3.8) is 0 Å². The van der Waals surface area contributed by atoms with Crippen molar-refractivity contribution < 1.29 is 9.53 Å². The fraction of sp³-hybridized carbons (Fsp3) is 0.306. The average molecular weight is 518 g/mol. The Labute approximate surface area is 233 Å². The van der Waals surface area contributed by atoms with Crippen molar-refractivity contribution in [2.24, 2.45) is 0 Å². The number of esters is 1. The third-order valence-corrected chi connectivity index (χ3v) is 8.50. The normalized spacial score (nSPS) is 18.0. The summed E-state index contributed by atoms with van der Waals surface area (Å²) >= 11 is 0. The number of ether oxygens (including phenoxy) is 1. The van der Waals surface area contributed by atoms with Crippen LogP contribution in [0, 0.1) is 0 Å². The molecule has 4 aromatic carbocycles. The monoisotopic (exact) mass is 517 g/mol. The van der Waals surface area contributed by atoms with Gasteiger partial charge in [0.2, 0.25) is 0 Å². The number of hydrogen-bond acceptors (Lipinski definition) is 3. The molecule has 5 rings (SSSR count). The topological polar surface area (TPSA) is 29.5 Å². The largest absolute Gasteiger partial charge is 0.427 e. The van der Waals surface area contributed by atoms with E-state index in [1.807, 2.05) is 12.1 Å². The summed E-state index contributed by atoms with van der Waals surface area (Å²) in [5, 5.41) is 0. The molecule has 0 saturated carbocycles. The fourth-order valence-corrected chi connectivity index (χ4v) is 6.51. The highest BCUT2D eigenvalue weighted by Gasteiger charge is 2.38. The van der Waals surface area contributed by atoms with Gasteiger partial charge < -0.3 is 9.64 Å². The Kier molecular flexibility index (Phi) is 8.58. The molecule has 0 bridgehead atoms. The highest BCUT2D eigenvalue weighted by Crippen LogP contribution is 2.43. The molecule has 200 valence electrons. The first kappa shape index (κ1) is 26.9. The molecule has 0 spiro atoms. The molecule has 1 aliphatic rings. The first-order valence-corrected chi connectivity index (χ1v) is 14.3. The SMILES string of the molecule is CCC1CC(c2ccc(OC(C)=O)cc2)CCN1CCC(c1ccccc1)(c1ccccc1)c1ccccc1. The zero-order chi connectivity index (χ0) is 27.1. The third-order valence-electron chi connectivity index (χ3n) is 8.50. The second-order valence-corrected chi connectivity index (χ2v) is 10.7. The van der Waals surface area contributed by atoms with Gasteiger partial charge in [0.15, 0.2) is 0 Å². The van der Waals surface area contributed by atoms with Crippen LogP contribution in [0.5, 0.6) is 5.75 Å². The first-order chi connectivity index (χ1) is 19.1. The summed E-state index contributed by atoms with van der Waals surface area (Å²) in [6.45, 7) is 5.89. The van der Waals surface area contributed by atoms with Crippen LogP contribution in [0.4, 0.5) is 0 Å². The van der Waals surface area contributed by atoms with E-state index >= 15 is 0 Å². The molecule has 1 saturated heterocycles. The van der Waals surface area contributed by atoms with Gasteiger partial charge in [-0.25, -0.2) is 0 Å². The molecule has 0 radical (unpaired) electrons. The van der Waals surface area contributed by atoms with Crippen molar-refractivity contribution in [3.8, 4) is 5.75 Å². The van der Waals surface area contributed by atoms with Gasteiger partial charge in [-0.1, -0.05) is 110 Å². The van der Waals surface area contributed by atoms with Gasteiger partial charge in [-0.2, -0.15) is 0 Å². The van der Waals surface area contributed by atoms with E-state index in [-0.39, 0.29) is 11.4 Å². The summed E-state index contributed by atoms with van der Waals surface area (Å²) in [4.78, 5) is 14.0. The standard InChI is InChI=1S/C36H39NO2/c1-3-34-27-30(29-19-21-35(22-20-29)39-28(2)38)23-25-37(34)26-24-36(31-13-7-4-8-14-31,32-15-9-5-10-16-32)33-17-11-6-12-18-33/h4-22,30,34H,3,23-27H2,1-2H3. The minimum Gasteiger partial charge on any atom is -0.427 e. The number of carbonyl (C=O) groups is 1. The number of benzene rings is 4. The summed E-state index contributed by atoms with van der Waals surface area (Å²) in [5.74, 6) is 0.870. The summed E-state index contributed by atoms with van der Waals surface area (Å²) in [6, 6.07) is 41.8. The number of rotatable bonds is 9. The lowest BCUT2D eigenvalue weighted by Gasteiger charge is -2.43. The van der Waals surface area contributed by atoms with Crippen LogP contribution in [0.1, 0.15) is 67.7 Å². The highest BCUT2D eigenvalue weighted by atomic mass is 16.5. The quantitative estimate of drug-likeness (QED) is 0.128. The average Bonchev–Trinajstić information content (AvgIpc) is 2.99.